The second-order valence-corrected chi connectivity index (χ2v) is 12.5. The van der Waals surface area contributed by atoms with Gasteiger partial charge in [0.25, 0.3) is 11.5 Å². The van der Waals surface area contributed by atoms with E-state index in [0.29, 0.717) is 58.2 Å². The first-order chi connectivity index (χ1) is 22.8. The third-order valence-electron chi connectivity index (χ3n) is 9.64. The van der Waals surface area contributed by atoms with Gasteiger partial charge in [-0.1, -0.05) is 61.0 Å². The van der Waals surface area contributed by atoms with E-state index in [1.54, 1.807) is 19.3 Å². The Kier molecular flexibility index (Phi) is 12.6. The van der Waals surface area contributed by atoms with E-state index in [4.69, 9.17) is 4.74 Å². The zero-order chi connectivity index (χ0) is 33.4. The second-order valence-electron chi connectivity index (χ2n) is 12.5. The molecule has 5 rings (SSSR count). The van der Waals surface area contributed by atoms with E-state index < -0.39 is 11.3 Å². The van der Waals surface area contributed by atoms with Gasteiger partial charge in [-0.15, -0.1) is 0 Å². The fourth-order valence-electron chi connectivity index (χ4n) is 7.01. The predicted octanol–water partition coefficient (Wildman–Crippen LogP) is 3.93. The summed E-state index contributed by atoms with van der Waals surface area (Å²) in [6, 6.07) is 20.7. The number of fused-ring (bicyclic) bond motifs is 1. The van der Waals surface area contributed by atoms with Gasteiger partial charge in [-0.05, 0) is 67.3 Å². The third-order valence-corrected chi connectivity index (χ3v) is 9.64. The van der Waals surface area contributed by atoms with E-state index in [-0.39, 0.29) is 54.4 Å². The molecule has 3 aromatic rings. The van der Waals surface area contributed by atoms with Gasteiger partial charge in [0, 0.05) is 45.3 Å². The maximum Gasteiger partial charge on any atom is 0.305 e. The molecule has 1 aliphatic carbocycles. The van der Waals surface area contributed by atoms with E-state index >= 15 is 0 Å². The minimum absolute atomic E-state index is 0. The maximum absolute atomic E-state index is 14.2. The predicted molar refractivity (Wildman–Crippen MR) is 188 cm³/mol. The fourth-order valence-corrected chi connectivity index (χ4v) is 7.01. The number of nitrogens with zero attached hydrogens (tertiary/aromatic N) is 2. The molecule has 0 unspecified atom stereocenters. The number of carbonyl (C=O) groups is 4. The summed E-state index contributed by atoms with van der Waals surface area (Å²) in [5.41, 5.74) is 1.45. The van der Waals surface area contributed by atoms with Crippen molar-refractivity contribution in [2.24, 2.45) is 7.05 Å². The lowest BCUT2D eigenvalue weighted by molar-refractivity contribution is -0.140. The van der Waals surface area contributed by atoms with Crippen molar-refractivity contribution in [1.82, 2.24) is 20.1 Å². The largest absolute Gasteiger partial charge is 0.469 e. The zero-order valence-corrected chi connectivity index (χ0v) is 28.7. The maximum atomic E-state index is 14.2. The number of hydrogen-bond donors (Lipinski definition) is 2. The number of rotatable bonds is 11. The van der Waals surface area contributed by atoms with E-state index in [1.165, 1.54) is 17.7 Å². The van der Waals surface area contributed by atoms with E-state index in [1.807, 2.05) is 59.5 Å². The molecule has 1 fully saturated rings. The number of ether oxygens (including phenoxy) is 1. The van der Waals surface area contributed by atoms with Gasteiger partial charge in [0.2, 0.25) is 11.8 Å². The van der Waals surface area contributed by atoms with Gasteiger partial charge >= 0.3 is 5.97 Å². The number of likely N-dealkylation sites (tertiary alicyclic amines) is 1. The van der Waals surface area contributed by atoms with Crippen molar-refractivity contribution in [2.75, 3.05) is 26.7 Å². The van der Waals surface area contributed by atoms with Crippen LogP contribution in [0.1, 0.15) is 84.3 Å². The Morgan fingerprint density at radius 2 is 1.60 bits per heavy atom. The quantitative estimate of drug-likeness (QED) is 0.235. The number of aromatic nitrogens is 1. The molecule has 0 spiro atoms. The van der Waals surface area contributed by atoms with Gasteiger partial charge in [-0.25, -0.2) is 0 Å². The minimum Gasteiger partial charge on any atom is -0.469 e. The Morgan fingerprint density at radius 3 is 2.33 bits per heavy atom. The second kappa shape index (κ2) is 16.6. The van der Waals surface area contributed by atoms with Crippen LogP contribution in [0, 0.1) is 0 Å². The average molecular weight is 675 g/mol. The summed E-state index contributed by atoms with van der Waals surface area (Å²) in [7, 11) is 3.00. The highest BCUT2D eigenvalue weighted by Gasteiger charge is 2.48. The number of esters is 1. The molecular weight excluding hydrogens is 628 g/mol. The first-order valence-corrected chi connectivity index (χ1v) is 16.5. The smallest absolute Gasteiger partial charge is 0.305 e. The summed E-state index contributed by atoms with van der Waals surface area (Å²) in [5.74, 6) is -1.05. The summed E-state index contributed by atoms with van der Waals surface area (Å²) in [6.45, 7) is 1.48. The zero-order valence-electron chi connectivity index (χ0n) is 27.7. The van der Waals surface area contributed by atoms with Crippen molar-refractivity contribution in [3.63, 3.8) is 0 Å². The number of methoxy groups -OCH3 is 1. The van der Waals surface area contributed by atoms with Crippen molar-refractivity contribution in [1.29, 1.82) is 0 Å². The molecule has 256 valence electrons. The van der Waals surface area contributed by atoms with E-state index in [2.05, 4.69) is 10.6 Å². The van der Waals surface area contributed by atoms with Crippen LogP contribution in [0.4, 0.5) is 0 Å². The lowest BCUT2D eigenvalue weighted by Crippen LogP contribution is -2.51. The average Bonchev–Trinajstić information content (AvgIpc) is 3.10. The summed E-state index contributed by atoms with van der Waals surface area (Å²) in [4.78, 5) is 66.7. The monoisotopic (exact) mass is 674 g/mol. The molecule has 2 N–H and O–H groups in total. The number of amides is 3. The van der Waals surface area contributed by atoms with Crippen LogP contribution in [0.2, 0.25) is 0 Å². The minimum atomic E-state index is -0.938. The molecule has 1 aromatic heterocycles. The Labute approximate surface area is 288 Å². The number of nitrogens with one attached hydrogen (secondary N) is 2. The van der Waals surface area contributed by atoms with Gasteiger partial charge in [-0.3, -0.25) is 24.0 Å². The van der Waals surface area contributed by atoms with Crippen molar-refractivity contribution in [3.05, 3.63) is 106 Å². The first kappa shape index (κ1) is 36.5. The molecule has 3 amide bonds. The van der Waals surface area contributed by atoms with Crippen LogP contribution in [0.3, 0.4) is 0 Å². The van der Waals surface area contributed by atoms with E-state index in [0.717, 1.165) is 29.5 Å². The van der Waals surface area contributed by atoms with Crippen LogP contribution < -0.4 is 16.2 Å². The number of aryl methyl sites for hydroxylation is 1. The van der Waals surface area contributed by atoms with E-state index in [9.17, 15) is 24.0 Å². The number of unbranched alkanes of at least 4 members (excludes halogenated alkanes) is 2. The summed E-state index contributed by atoms with van der Waals surface area (Å²) in [5, 5.41) is 6.15. The lowest BCUT2D eigenvalue weighted by atomic mass is 9.62. The van der Waals surface area contributed by atoms with Crippen LogP contribution >= 0.6 is 13.5 Å². The highest BCUT2D eigenvalue weighted by Crippen LogP contribution is 2.48. The van der Waals surface area contributed by atoms with Crippen LogP contribution in [0.5, 0.6) is 0 Å². The molecule has 2 aliphatic rings. The molecule has 11 heteroatoms. The van der Waals surface area contributed by atoms with Gasteiger partial charge in [0.05, 0.1) is 18.4 Å². The lowest BCUT2D eigenvalue weighted by Gasteiger charge is -2.42. The van der Waals surface area contributed by atoms with Crippen LogP contribution in [-0.2, 0) is 31.6 Å². The number of piperidine rings is 1. The topological polar surface area (TPSA) is 127 Å². The summed E-state index contributed by atoms with van der Waals surface area (Å²) < 4.78 is 6.09. The number of carbonyl (C=O) groups excluding carboxylic acids is 4. The molecular formula is C37H46N4O6S. The SMILES string of the molecule is COC(=O)CCCCCNC(=O)[C@@]1(c2ccccc2)CC[C@H](C(=O)N2CCC(NC(=O)c3cccn(C)c3=O)CC2)c2ccccc21.S. The van der Waals surface area contributed by atoms with Crippen LogP contribution in [0.15, 0.2) is 77.7 Å². The van der Waals surface area contributed by atoms with Gasteiger partial charge in [0.15, 0.2) is 0 Å². The number of hydrogen-bond acceptors (Lipinski definition) is 6. The molecule has 0 radical (unpaired) electrons. The Morgan fingerprint density at radius 1 is 0.896 bits per heavy atom. The Bertz CT molecular complexity index is 1650. The normalized spacial score (nSPS) is 19.0. The van der Waals surface area contributed by atoms with Gasteiger partial charge in [-0.2, -0.15) is 13.5 Å². The summed E-state index contributed by atoms with van der Waals surface area (Å²) >= 11 is 0. The Balaban J connectivity index is 0.00000520. The molecule has 2 atom stereocenters. The van der Waals surface area contributed by atoms with Crippen molar-refractivity contribution in [2.45, 2.75) is 68.7 Å². The van der Waals surface area contributed by atoms with Gasteiger partial charge in [0.1, 0.15) is 5.56 Å². The third kappa shape index (κ3) is 7.84. The van der Waals surface area contributed by atoms with Crippen molar-refractivity contribution < 1.29 is 23.9 Å². The van der Waals surface area contributed by atoms with Crippen molar-refractivity contribution >= 4 is 37.2 Å². The molecule has 2 aromatic carbocycles. The first-order valence-electron chi connectivity index (χ1n) is 16.5. The fraction of sp³-hybridized carbons (Fsp3) is 0.432. The highest BCUT2D eigenvalue weighted by atomic mass is 32.1. The molecule has 1 aliphatic heterocycles. The highest BCUT2D eigenvalue weighted by molar-refractivity contribution is 7.59. The molecule has 0 saturated carbocycles. The van der Waals surface area contributed by atoms with Gasteiger partial charge < -0.3 is 24.8 Å². The summed E-state index contributed by atoms with van der Waals surface area (Å²) in [6.07, 6.45) is 6.41. The number of benzene rings is 2. The standard InChI is InChI=1S/C37H44N4O6.H2S/c1-40-23-11-15-30(34(40)44)33(43)39-27-19-24-41(25-20-27)35(45)29-18-21-37(26-12-5-3-6-13-26,31-16-9-8-14-28(29)31)36(46)38-22-10-4-7-17-32(42)47-2;/h3,5-6,8-9,11-16,23,27,29H,4,7,10,17-22,24-25H2,1-2H3,(H,38,46)(H,39,43);1H2/t29-,37+;/m0./s1. The molecule has 1 saturated heterocycles. The molecule has 2 heterocycles. The molecule has 10 nitrogen and oxygen atoms in total. The molecule has 0 bridgehead atoms. The van der Waals surface area contributed by atoms with Crippen molar-refractivity contribution in [3.8, 4) is 0 Å². The molecule has 48 heavy (non-hydrogen) atoms. The van der Waals surface area contributed by atoms with Crippen LogP contribution in [0.25, 0.3) is 0 Å². The number of pyridine rings is 1. The Hall–Kier alpha value is -4.38. The van der Waals surface area contributed by atoms with Crippen LogP contribution in [-0.4, -0.2) is 65.9 Å².